The average Bonchev–Trinajstić information content (AvgIpc) is 2.24. The van der Waals surface area contributed by atoms with Gasteiger partial charge in [-0.1, -0.05) is 13.3 Å². The van der Waals surface area contributed by atoms with E-state index in [-0.39, 0.29) is 11.4 Å². The van der Waals surface area contributed by atoms with Crippen molar-refractivity contribution in [3.05, 3.63) is 21.1 Å². The monoisotopic (exact) mass is 428 g/mol. The van der Waals surface area contributed by atoms with Crippen molar-refractivity contribution in [3.8, 4) is 0 Å². The van der Waals surface area contributed by atoms with Crippen molar-refractivity contribution in [2.24, 2.45) is 0 Å². The molecule has 8 heteroatoms. The van der Waals surface area contributed by atoms with Crippen molar-refractivity contribution in [2.45, 2.75) is 37.2 Å². The maximum atomic E-state index is 12.3. The summed E-state index contributed by atoms with van der Waals surface area (Å²) in [6.07, 6.45) is 1.28. The first-order chi connectivity index (χ1) is 9.09. The van der Waals surface area contributed by atoms with Gasteiger partial charge in [-0.2, -0.15) is 0 Å². The Balaban J connectivity index is 3.01. The highest BCUT2D eigenvalue weighted by Gasteiger charge is 2.26. The maximum Gasteiger partial charge on any atom is 0.242 e. The summed E-state index contributed by atoms with van der Waals surface area (Å²) in [5.41, 5.74) is 5.01. The molecule has 1 rings (SSSR count). The van der Waals surface area contributed by atoms with Crippen molar-refractivity contribution < 1.29 is 13.5 Å². The fourth-order valence-electron chi connectivity index (χ4n) is 1.79. The second-order valence-corrected chi connectivity index (χ2v) is 8.30. The maximum absolute atomic E-state index is 12.3. The molecule has 0 saturated heterocycles. The lowest BCUT2D eigenvalue weighted by Crippen LogP contribution is -2.40. The third-order valence-electron chi connectivity index (χ3n) is 2.72. The van der Waals surface area contributed by atoms with Gasteiger partial charge in [-0.05, 0) is 57.3 Å². The molecule has 0 saturated carbocycles. The van der Waals surface area contributed by atoms with Crippen molar-refractivity contribution in [1.29, 1.82) is 0 Å². The Morgan fingerprint density at radius 3 is 2.30 bits per heavy atom. The molecule has 1 aromatic rings. The summed E-state index contributed by atoms with van der Waals surface area (Å²) < 4.78 is 27.8. The highest BCUT2D eigenvalue weighted by molar-refractivity contribution is 9.11. The number of hydrogen-bond acceptors (Lipinski definition) is 4. The summed E-state index contributed by atoms with van der Waals surface area (Å²) in [6.45, 7) is 3.48. The van der Waals surface area contributed by atoms with Crippen LogP contribution in [0.25, 0.3) is 0 Å². The van der Waals surface area contributed by atoms with Crippen LogP contribution in [0.3, 0.4) is 0 Å². The first kappa shape index (κ1) is 17.9. The van der Waals surface area contributed by atoms with Crippen LogP contribution in [0.5, 0.6) is 0 Å². The summed E-state index contributed by atoms with van der Waals surface area (Å²) in [6, 6.07) is 3.03. The van der Waals surface area contributed by atoms with E-state index in [1.807, 2.05) is 6.92 Å². The summed E-state index contributed by atoms with van der Waals surface area (Å²) >= 11 is 6.39. The van der Waals surface area contributed by atoms with Crippen LogP contribution in [0.1, 0.15) is 26.7 Å². The predicted octanol–water partition coefficient (Wildman–Crippen LogP) is 2.62. The highest BCUT2D eigenvalue weighted by atomic mass is 79.9. The first-order valence-electron chi connectivity index (χ1n) is 6.05. The molecule has 0 radical (unpaired) electrons. The zero-order chi connectivity index (χ0) is 15.6. The molecule has 4 N–H and O–H groups in total. The van der Waals surface area contributed by atoms with Crippen LogP contribution < -0.4 is 10.5 Å². The second-order valence-electron chi connectivity index (χ2n) is 4.89. The molecule has 0 aliphatic carbocycles. The van der Waals surface area contributed by atoms with Gasteiger partial charge in [-0.25, -0.2) is 13.1 Å². The average molecular weight is 430 g/mol. The smallest absolute Gasteiger partial charge is 0.242 e. The molecule has 0 heterocycles. The Kier molecular flexibility index (Phi) is 6.03. The molecule has 0 bridgehead atoms. The van der Waals surface area contributed by atoms with Gasteiger partial charge in [0, 0.05) is 21.2 Å². The molecule has 20 heavy (non-hydrogen) atoms. The van der Waals surface area contributed by atoms with E-state index >= 15 is 0 Å². The molecule has 0 amide bonds. The quantitative estimate of drug-likeness (QED) is 0.606. The number of nitrogens with two attached hydrogens (primary N) is 1. The van der Waals surface area contributed by atoms with Crippen molar-refractivity contribution in [1.82, 2.24) is 4.72 Å². The molecule has 5 nitrogen and oxygen atoms in total. The first-order valence-corrected chi connectivity index (χ1v) is 9.12. The van der Waals surface area contributed by atoms with Crippen LogP contribution in [-0.2, 0) is 10.0 Å². The number of hydrogen-bond donors (Lipinski definition) is 3. The molecule has 1 aromatic carbocycles. The van der Waals surface area contributed by atoms with Gasteiger partial charge in [0.15, 0.2) is 0 Å². The van der Waals surface area contributed by atoms with Crippen molar-refractivity contribution in [2.75, 3.05) is 12.3 Å². The standard InChI is InChI=1S/C12H18Br2N2O3S/c1-3-4-12(2,17)7-16-20(18,19)11-9(13)5-8(15)6-10(11)14/h5-6,16-17H,3-4,7,15H2,1-2H3. The third kappa shape index (κ3) is 4.70. The lowest BCUT2D eigenvalue weighted by atomic mass is 10.0. The summed E-state index contributed by atoms with van der Waals surface area (Å²) in [5.74, 6) is 0. The summed E-state index contributed by atoms with van der Waals surface area (Å²) in [4.78, 5) is 0.0685. The number of sulfonamides is 1. The van der Waals surface area contributed by atoms with Gasteiger partial charge in [0.2, 0.25) is 10.0 Å². The van der Waals surface area contributed by atoms with Crippen LogP contribution in [-0.4, -0.2) is 25.7 Å². The molecular weight excluding hydrogens is 412 g/mol. The van der Waals surface area contributed by atoms with E-state index in [0.717, 1.165) is 6.42 Å². The zero-order valence-corrected chi connectivity index (χ0v) is 15.3. The largest absolute Gasteiger partial charge is 0.399 e. The minimum atomic E-state index is -3.75. The van der Waals surface area contributed by atoms with Gasteiger partial charge in [0.1, 0.15) is 4.90 Å². The minimum absolute atomic E-state index is 0.0492. The molecule has 0 fully saturated rings. The number of benzene rings is 1. The van der Waals surface area contributed by atoms with Crippen LogP contribution in [0.15, 0.2) is 26.0 Å². The highest BCUT2D eigenvalue weighted by Crippen LogP contribution is 2.32. The molecule has 114 valence electrons. The molecular formula is C12H18Br2N2O3S. The van der Waals surface area contributed by atoms with Gasteiger partial charge >= 0.3 is 0 Å². The zero-order valence-electron chi connectivity index (χ0n) is 11.3. The number of nitrogen functional groups attached to an aromatic ring is 1. The van der Waals surface area contributed by atoms with E-state index in [1.54, 1.807) is 6.92 Å². The normalized spacial score (nSPS) is 15.1. The minimum Gasteiger partial charge on any atom is -0.399 e. The molecule has 0 aromatic heterocycles. The summed E-state index contributed by atoms with van der Waals surface area (Å²) in [5, 5.41) is 10.0. The summed E-state index contributed by atoms with van der Waals surface area (Å²) in [7, 11) is -3.75. The van der Waals surface area contributed by atoms with E-state index in [2.05, 4.69) is 36.6 Å². The molecule has 1 atom stereocenters. The second kappa shape index (κ2) is 6.74. The number of aliphatic hydroxyl groups is 1. The lowest BCUT2D eigenvalue weighted by Gasteiger charge is -2.23. The number of nitrogens with one attached hydrogen (secondary N) is 1. The molecule has 1 unspecified atom stereocenters. The Labute approximate surface area is 136 Å². The topological polar surface area (TPSA) is 92.4 Å². The van der Waals surface area contributed by atoms with Gasteiger partial charge in [-0.3, -0.25) is 0 Å². The molecule has 0 aliphatic heterocycles. The van der Waals surface area contributed by atoms with Crippen molar-refractivity contribution in [3.63, 3.8) is 0 Å². The predicted molar refractivity (Wildman–Crippen MR) is 87.0 cm³/mol. The van der Waals surface area contributed by atoms with E-state index in [4.69, 9.17) is 5.73 Å². The van der Waals surface area contributed by atoms with E-state index in [0.29, 0.717) is 21.1 Å². The number of halogens is 2. The Morgan fingerprint density at radius 1 is 1.35 bits per heavy atom. The van der Waals surface area contributed by atoms with Gasteiger partial charge in [0.25, 0.3) is 0 Å². The fourth-order valence-corrected chi connectivity index (χ4v) is 5.56. The molecule has 0 aliphatic rings. The van der Waals surface area contributed by atoms with Gasteiger partial charge < -0.3 is 10.8 Å². The van der Waals surface area contributed by atoms with Crippen LogP contribution in [0.4, 0.5) is 5.69 Å². The van der Waals surface area contributed by atoms with E-state index in [9.17, 15) is 13.5 Å². The third-order valence-corrected chi connectivity index (χ3v) is 6.00. The Bertz CT molecular complexity index is 565. The number of anilines is 1. The van der Waals surface area contributed by atoms with Crippen LogP contribution in [0.2, 0.25) is 0 Å². The Hall–Kier alpha value is -0.150. The van der Waals surface area contributed by atoms with Crippen LogP contribution >= 0.6 is 31.9 Å². The Morgan fingerprint density at radius 2 is 1.85 bits per heavy atom. The van der Waals surface area contributed by atoms with Crippen molar-refractivity contribution >= 4 is 47.6 Å². The van der Waals surface area contributed by atoms with Gasteiger partial charge in [0.05, 0.1) is 5.60 Å². The number of rotatable bonds is 6. The van der Waals surface area contributed by atoms with Crippen LogP contribution in [0, 0.1) is 0 Å². The van der Waals surface area contributed by atoms with E-state index in [1.165, 1.54) is 12.1 Å². The van der Waals surface area contributed by atoms with E-state index < -0.39 is 15.6 Å². The molecule has 0 spiro atoms. The van der Waals surface area contributed by atoms with Gasteiger partial charge in [-0.15, -0.1) is 0 Å². The fraction of sp³-hybridized carbons (Fsp3) is 0.500. The lowest BCUT2D eigenvalue weighted by molar-refractivity contribution is 0.0554. The SMILES string of the molecule is CCCC(C)(O)CNS(=O)(=O)c1c(Br)cc(N)cc1Br.